The van der Waals surface area contributed by atoms with E-state index in [4.69, 9.17) is 0 Å². The van der Waals surface area contributed by atoms with E-state index in [2.05, 4.69) is 46.6 Å². The predicted molar refractivity (Wildman–Crippen MR) is 75.5 cm³/mol. The van der Waals surface area contributed by atoms with Gasteiger partial charge in [0.15, 0.2) is 0 Å². The summed E-state index contributed by atoms with van der Waals surface area (Å²) in [5, 5.41) is 6.29. The van der Waals surface area contributed by atoms with Crippen LogP contribution in [0.3, 0.4) is 0 Å². The number of anilines is 3. The highest BCUT2D eigenvalue weighted by Gasteiger charge is 2.04. The van der Waals surface area contributed by atoms with Gasteiger partial charge in [0.2, 0.25) is 5.95 Å². The molecule has 0 fully saturated rings. The Hall–Kier alpha value is -2.10. The Morgan fingerprint density at radius 2 is 1.83 bits per heavy atom. The van der Waals surface area contributed by atoms with Crippen LogP contribution >= 0.6 is 0 Å². The summed E-state index contributed by atoms with van der Waals surface area (Å²) in [5.41, 5.74) is 4.50. The summed E-state index contributed by atoms with van der Waals surface area (Å²) in [6.45, 7) is 6.13. The van der Waals surface area contributed by atoms with E-state index >= 15 is 0 Å². The van der Waals surface area contributed by atoms with E-state index in [0.717, 1.165) is 17.1 Å². The Kier molecular flexibility index (Phi) is 3.46. The minimum Gasteiger partial charge on any atom is -0.373 e. The van der Waals surface area contributed by atoms with Gasteiger partial charge in [-0.15, -0.1) is 0 Å². The molecule has 0 spiro atoms. The van der Waals surface area contributed by atoms with Gasteiger partial charge in [-0.1, -0.05) is 17.7 Å². The first-order valence-corrected chi connectivity index (χ1v) is 5.96. The van der Waals surface area contributed by atoms with Crippen LogP contribution in [0.5, 0.6) is 0 Å². The van der Waals surface area contributed by atoms with Crippen molar-refractivity contribution < 1.29 is 0 Å². The maximum atomic E-state index is 4.42. The fourth-order valence-electron chi connectivity index (χ4n) is 1.83. The molecule has 0 bridgehead atoms. The Balaban J connectivity index is 2.28. The third-order valence-corrected chi connectivity index (χ3v) is 2.84. The van der Waals surface area contributed by atoms with E-state index in [-0.39, 0.29) is 0 Å². The first-order chi connectivity index (χ1) is 8.60. The van der Waals surface area contributed by atoms with Crippen LogP contribution in [0.2, 0.25) is 0 Å². The zero-order chi connectivity index (χ0) is 13.1. The molecule has 2 rings (SSSR count). The van der Waals surface area contributed by atoms with E-state index in [1.165, 1.54) is 11.1 Å². The molecule has 0 saturated carbocycles. The second kappa shape index (κ2) is 5.04. The number of aromatic nitrogens is 2. The maximum absolute atomic E-state index is 4.42. The lowest BCUT2D eigenvalue weighted by atomic mass is 10.1. The summed E-state index contributed by atoms with van der Waals surface area (Å²) in [5.74, 6) is 1.45. The average Bonchev–Trinajstić information content (AvgIpc) is 2.35. The summed E-state index contributed by atoms with van der Waals surface area (Å²) in [6, 6.07) is 6.25. The van der Waals surface area contributed by atoms with Gasteiger partial charge in [0.25, 0.3) is 0 Å². The first kappa shape index (κ1) is 12.4. The molecule has 4 heteroatoms. The molecule has 0 radical (unpaired) electrons. The van der Waals surface area contributed by atoms with Crippen molar-refractivity contribution in [2.45, 2.75) is 20.8 Å². The van der Waals surface area contributed by atoms with Crippen molar-refractivity contribution in [3.05, 3.63) is 41.1 Å². The van der Waals surface area contributed by atoms with Crippen LogP contribution in [0, 0.1) is 20.8 Å². The number of rotatable bonds is 3. The largest absolute Gasteiger partial charge is 0.373 e. The number of nitrogens with zero attached hydrogens (tertiary/aromatic N) is 2. The monoisotopic (exact) mass is 242 g/mol. The van der Waals surface area contributed by atoms with Crippen molar-refractivity contribution in [3.8, 4) is 0 Å². The summed E-state index contributed by atoms with van der Waals surface area (Å²) in [4.78, 5) is 8.70. The molecular weight excluding hydrogens is 224 g/mol. The molecule has 18 heavy (non-hydrogen) atoms. The van der Waals surface area contributed by atoms with Gasteiger partial charge in [-0.05, 0) is 32.4 Å². The first-order valence-electron chi connectivity index (χ1n) is 5.96. The lowest BCUT2D eigenvalue weighted by molar-refractivity contribution is 1.12. The highest BCUT2D eigenvalue weighted by atomic mass is 15.1. The minimum atomic E-state index is 0.608. The number of hydrogen-bond donors (Lipinski definition) is 2. The van der Waals surface area contributed by atoms with Gasteiger partial charge >= 0.3 is 0 Å². The topological polar surface area (TPSA) is 49.8 Å². The van der Waals surface area contributed by atoms with Crippen LogP contribution < -0.4 is 10.6 Å². The second-order valence-corrected chi connectivity index (χ2v) is 4.42. The van der Waals surface area contributed by atoms with Gasteiger partial charge in [-0.25, -0.2) is 4.98 Å². The Bertz CT molecular complexity index is 564. The number of aryl methyl sites for hydroxylation is 3. The molecule has 0 aliphatic carbocycles. The molecule has 0 saturated heterocycles. The van der Waals surface area contributed by atoms with Gasteiger partial charge in [0.1, 0.15) is 5.82 Å². The molecule has 2 aromatic rings. The molecule has 0 amide bonds. The normalized spacial score (nSPS) is 10.2. The Labute approximate surface area is 107 Å². The van der Waals surface area contributed by atoms with Gasteiger partial charge in [0, 0.05) is 24.5 Å². The van der Waals surface area contributed by atoms with Crippen LogP contribution in [0.1, 0.15) is 16.7 Å². The summed E-state index contributed by atoms with van der Waals surface area (Å²) < 4.78 is 0. The molecule has 2 N–H and O–H groups in total. The molecular formula is C14H18N4. The molecule has 1 heterocycles. The van der Waals surface area contributed by atoms with Crippen molar-refractivity contribution in [1.82, 2.24) is 9.97 Å². The van der Waals surface area contributed by atoms with Crippen molar-refractivity contribution in [1.29, 1.82) is 0 Å². The van der Waals surface area contributed by atoms with Crippen molar-refractivity contribution >= 4 is 17.5 Å². The molecule has 0 aliphatic rings. The van der Waals surface area contributed by atoms with E-state index in [1.54, 1.807) is 0 Å². The standard InChI is InChI=1S/C14H18N4/c1-9-5-6-12(10(2)7-9)17-14-16-8-11(3)13(15-4)18-14/h5-8H,1-4H3,(H2,15,16,17,18). The number of nitrogens with one attached hydrogen (secondary N) is 2. The molecule has 0 atom stereocenters. The van der Waals surface area contributed by atoms with Gasteiger partial charge in [-0.2, -0.15) is 4.98 Å². The molecule has 0 aliphatic heterocycles. The quantitative estimate of drug-likeness (QED) is 0.868. The SMILES string of the molecule is CNc1nc(Nc2ccc(C)cc2C)ncc1C. The number of benzene rings is 1. The van der Waals surface area contributed by atoms with Crippen LogP contribution in [0.15, 0.2) is 24.4 Å². The molecule has 4 nitrogen and oxygen atoms in total. The van der Waals surface area contributed by atoms with E-state index in [0.29, 0.717) is 5.95 Å². The van der Waals surface area contributed by atoms with E-state index in [1.807, 2.05) is 26.2 Å². The zero-order valence-corrected chi connectivity index (χ0v) is 11.2. The minimum absolute atomic E-state index is 0.608. The smallest absolute Gasteiger partial charge is 0.229 e. The molecule has 1 aromatic heterocycles. The zero-order valence-electron chi connectivity index (χ0n) is 11.2. The third kappa shape index (κ3) is 2.59. The molecule has 1 aromatic carbocycles. The maximum Gasteiger partial charge on any atom is 0.229 e. The Morgan fingerprint density at radius 3 is 2.50 bits per heavy atom. The summed E-state index contributed by atoms with van der Waals surface area (Å²) in [7, 11) is 1.86. The van der Waals surface area contributed by atoms with Gasteiger partial charge in [-0.3, -0.25) is 0 Å². The molecule has 0 unspecified atom stereocenters. The van der Waals surface area contributed by atoms with Crippen molar-refractivity contribution in [2.75, 3.05) is 17.7 Å². The van der Waals surface area contributed by atoms with Crippen LogP contribution in [-0.4, -0.2) is 17.0 Å². The fourth-order valence-corrected chi connectivity index (χ4v) is 1.83. The fraction of sp³-hybridized carbons (Fsp3) is 0.286. The highest BCUT2D eigenvalue weighted by Crippen LogP contribution is 2.20. The third-order valence-electron chi connectivity index (χ3n) is 2.84. The van der Waals surface area contributed by atoms with Crippen LogP contribution in [0.4, 0.5) is 17.5 Å². The van der Waals surface area contributed by atoms with Crippen LogP contribution in [-0.2, 0) is 0 Å². The average molecular weight is 242 g/mol. The molecule has 94 valence electrons. The van der Waals surface area contributed by atoms with E-state index in [9.17, 15) is 0 Å². The van der Waals surface area contributed by atoms with Crippen molar-refractivity contribution in [3.63, 3.8) is 0 Å². The summed E-state index contributed by atoms with van der Waals surface area (Å²) in [6.07, 6.45) is 1.81. The predicted octanol–water partition coefficient (Wildman–Crippen LogP) is 3.19. The Morgan fingerprint density at radius 1 is 1.06 bits per heavy atom. The number of hydrogen-bond acceptors (Lipinski definition) is 4. The van der Waals surface area contributed by atoms with E-state index < -0.39 is 0 Å². The van der Waals surface area contributed by atoms with Crippen LogP contribution in [0.25, 0.3) is 0 Å². The lowest BCUT2D eigenvalue weighted by Crippen LogP contribution is -2.03. The van der Waals surface area contributed by atoms with Gasteiger partial charge < -0.3 is 10.6 Å². The lowest BCUT2D eigenvalue weighted by Gasteiger charge is -2.10. The highest BCUT2D eigenvalue weighted by molar-refractivity contribution is 5.60. The second-order valence-electron chi connectivity index (χ2n) is 4.42. The van der Waals surface area contributed by atoms with Crippen molar-refractivity contribution in [2.24, 2.45) is 0 Å². The summed E-state index contributed by atoms with van der Waals surface area (Å²) >= 11 is 0. The van der Waals surface area contributed by atoms with Gasteiger partial charge in [0.05, 0.1) is 0 Å².